The number of aromatic nitrogens is 1. The Morgan fingerprint density at radius 3 is 2.73 bits per heavy atom. The van der Waals surface area contributed by atoms with Gasteiger partial charge in [-0.3, -0.25) is 4.98 Å². The molecule has 0 aliphatic heterocycles. The highest BCUT2D eigenvalue weighted by atomic mass is 19.3. The molecule has 60 valence electrons. The third-order valence-electron chi connectivity index (χ3n) is 1.24. The van der Waals surface area contributed by atoms with E-state index < -0.39 is 5.92 Å². The smallest absolute Gasteiger partial charge is 0.249 e. The van der Waals surface area contributed by atoms with E-state index in [-0.39, 0.29) is 6.42 Å². The predicted molar refractivity (Wildman–Crippen MR) is 38.6 cm³/mol. The van der Waals surface area contributed by atoms with Gasteiger partial charge in [0.05, 0.1) is 0 Å². The molecule has 3 heteroatoms. The maximum absolute atomic E-state index is 12.4. The first kappa shape index (κ1) is 8.11. The summed E-state index contributed by atoms with van der Waals surface area (Å²) < 4.78 is 24.8. The SMILES string of the molecule is CC(F)(F)Cc1cccnc1. The first-order valence-electron chi connectivity index (χ1n) is 3.35. The van der Waals surface area contributed by atoms with Gasteiger partial charge in [-0.1, -0.05) is 6.07 Å². The zero-order valence-electron chi connectivity index (χ0n) is 6.22. The molecule has 0 amide bonds. The van der Waals surface area contributed by atoms with Gasteiger partial charge in [-0.25, -0.2) is 8.78 Å². The van der Waals surface area contributed by atoms with Crippen LogP contribution >= 0.6 is 0 Å². The van der Waals surface area contributed by atoms with Gasteiger partial charge in [0.1, 0.15) is 0 Å². The highest BCUT2D eigenvalue weighted by Crippen LogP contribution is 2.17. The number of alkyl halides is 2. The van der Waals surface area contributed by atoms with E-state index in [9.17, 15) is 8.78 Å². The number of pyridine rings is 1. The van der Waals surface area contributed by atoms with Gasteiger partial charge in [-0.2, -0.15) is 0 Å². The van der Waals surface area contributed by atoms with E-state index in [1.807, 2.05) is 0 Å². The summed E-state index contributed by atoms with van der Waals surface area (Å²) in [7, 11) is 0. The maximum Gasteiger partial charge on any atom is 0.249 e. The molecule has 0 fully saturated rings. The van der Waals surface area contributed by atoms with Crippen molar-refractivity contribution >= 4 is 0 Å². The minimum Gasteiger partial charge on any atom is -0.264 e. The Bertz CT molecular complexity index is 215. The molecule has 0 saturated heterocycles. The van der Waals surface area contributed by atoms with Crippen LogP contribution in [0.15, 0.2) is 24.5 Å². The quantitative estimate of drug-likeness (QED) is 0.641. The summed E-state index contributed by atoms with van der Waals surface area (Å²) in [5, 5.41) is 0. The lowest BCUT2D eigenvalue weighted by Crippen LogP contribution is -2.13. The van der Waals surface area contributed by atoms with E-state index in [1.165, 1.54) is 6.20 Å². The van der Waals surface area contributed by atoms with Gasteiger partial charge in [0.15, 0.2) is 0 Å². The van der Waals surface area contributed by atoms with Gasteiger partial charge in [0, 0.05) is 18.8 Å². The van der Waals surface area contributed by atoms with Crippen molar-refractivity contribution in [3.8, 4) is 0 Å². The summed E-state index contributed by atoms with van der Waals surface area (Å²) in [5.74, 6) is -2.64. The molecule has 1 rings (SSSR count). The molecule has 1 heterocycles. The summed E-state index contributed by atoms with van der Waals surface area (Å²) in [5.41, 5.74) is 0.569. The fourth-order valence-electron chi connectivity index (χ4n) is 0.861. The Kier molecular flexibility index (Phi) is 2.17. The van der Waals surface area contributed by atoms with Crippen molar-refractivity contribution in [1.82, 2.24) is 4.98 Å². The summed E-state index contributed by atoms with van der Waals surface area (Å²) in [6.45, 7) is 0.903. The second-order valence-electron chi connectivity index (χ2n) is 2.61. The Labute approximate surface area is 64.1 Å². The van der Waals surface area contributed by atoms with Crippen LogP contribution in [0.3, 0.4) is 0 Å². The van der Waals surface area contributed by atoms with Crippen molar-refractivity contribution in [2.45, 2.75) is 19.3 Å². The average molecular weight is 157 g/mol. The molecule has 1 aromatic heterocycles. The highest BCUT2D eigenvalue weighted by molar-refractivity contribution is 5.10. The molecule has 0 spiro atoms. The molecule has 0 N–H and O–H groups in total. The number of halogens is 2. The summed E-state index contributed by atoms with van der Waals surface area (Å²) in [6, 6.07) is 3.30. The van der Waals surface area contributed by atoms with Crippen LogP contribution in [0.4, 0.5) is 8.78 Å². The van der Waals surface area contributed by atoms with E-state index in [0.29, 0.717) is 5.56 Å². The van der Waals surface area contributed by atoms with Gasteiger partial charge in [0.25, 0.3) is 0 Å². The van der Waals surface area contributed by atoms with E-state index >= 15 is 0 Å². The summed E-state index contributed by atoms with van der Waals surface area (Å²) >= 11 is 0. The van der Waals surface area contributed by atoms with E-state index in [0.717, 1.165) is 6.92 Å². The minimum absolute atomic E-state index is 0.235. The predicted octanol–water partition coefficient (Wildman–Crippen LogP) is 2.28. The molecule has 0 radical (unpaired) electrons. The second kappa shape index (κ2) is 2.95. The van der Waals surface area contributed by atoms with Crippen molar-refractivity contribution < 1.29 is 8.78 Å². The maximum atomic E-state index is 12.4. The van der Waals surface area contributed by atoms with Crippen molar-refractivity contribution in [3.63, 3.8) is 0 Å². The Balaban J connectivity index is 2.66. The van der Waals surface area contributed by atoms with Crippen molar-refractivity contribution in [2.75, 3.05) is 0 Å². The van der Waals surface area contributed by atoms with Crippen LogP contribution in [-0.2, 0) is 6.42 Å². The van der Waals surface area contributed by atoms with Crippen LogP contribution in [0, 0.1) is 0 Å². The fraction of sp³-hybridized carbons (Fsp3) is 0.375. The monoisotopic (exact) mass is 157 g/mol. The van der Waals surface area contributed by atoms with Crippen LogP contribution < -0.4 is 0 Å². The Morgan fingerprint density at radius 1 is 1.55 bits per heavy atom. The van der Waals surface area contributed by atoms with Crippen molar-refractivity contribution in [3.05, 3.63) is 30.1 Å². The molecule has 0 aliphatic carbocycles. The van der Waals surface area contributed by atoms with Gasteiger partial charge >= 0.3 is 0 Å². The standard InChI is InChI=1S/C8H9F2N/c1-8(9,10)5-7-3-2-4-11-6-7/h2-4,6H,5H2,1H3. The van der Waals surface area contributed by atoms with E-state index in [4.69, 9.17) is 0 Å². The summed E-state index contributed by atoms with van der Waals surface area (Å²) in [6.07, 6.45) is 2.79. The molecule has 0 atom stereocenters. The van der Waals surface area contributed by atoms with E-state index in [2.05, 4.69) is 4.98 Å². The molecule has 1 nitrogen and oxygen atoms in total. The van der Waals surface area contributed by atoms with E-state index in [1.54, 1.807) is 18.3 Å². The highest BCUT2D eigenvalue weighted by Gasteiger charge is 2.21. The first-order chi connectivity index (χ1) is 5.08. The largest absolute Gasteiger partial charge is 0.264 e. The lowest BCUT2D eigenvalue weighted by Gasteiger charge is -2.08. The Hall–Kier alpha value is -0.990. The lowest BCUT2D eigenvalue weighted by molar-refractivity contribution is 0.0225. The minimum atomic E-state index is -2.64. The summed E-state index contributed by atoms with van der Waals surface area (Å²) in [4.78, 5) is 3.74. The van der Waals surface area contributed by atoms with Gasteiger partial charge in [0.2, 0.25) is 5.92 Å². The van der Waals surface area contributed by atoms with Crippen LogP contribution in [0.1, 0.15) is 12.5 Å². The third-order valence-corrected chi connectivity index (χ3v) is 1.24. The van der Waals surface area contributed by atoms with Crippen molar-refractivity contribution in [1.29, 1.82) is 0 Å². The number of nitrogens with zero attached hydrogens (tertiary/aromatic N) is 1. The molecule has 0 unspecified atom stereocenters. The molecular weight excluding hydrogens is 148 g/mol. The molecule has 1 aromatic rings. The lowest BCUT2D eigenvalue weighted by atomic mass is 10.1. The van der Waals surface area contributed by atoms with Crippen LogP contribution in [0.2, 0.25) is 0 Å². The molecule has 0 saturated carbocycles. The molecule has 0 aromatic carbocycles. The molecule has 11 heavy (non-hydrogen) atoms. The fourth-order valence-corrected chi connectivity index (χ4v) is 0.861. The zero-order valence-corrected chi connectivity index (χ0v) is 6.22. The zero-order chi connectivity index (χ0) is 8.32. The van der Waals surface area contributed by atoms with Gasteiger partial charge < -0.3 is 0 Å². The van der Waals surface area contributed by atoms with Gasteiger partial charge in [-0.15, -0.1) is 0 Å². The average Bonchev–Trinajstić information content (AvgIpc) is 1.85. The number of hydrogen-bond donors (Lipinski definition) is 0. The second-order valence-corrected chi connectivity index (χ2v) is 2.61. The van der Waals surface area contributed by atoms with Gasteiger partial charge in [-0.05, 0) is 18.6 Å². The molecular formula is C8H9F2N. The van der Waals surface area contributed by atoms with Crippen LogP contribution in [0.5, 0.6) is 0 Å². The Morgan fingerprint density at radius 2 is 2.27 bits per heavy atom. The third kappa shape index (κ3) is 3.07. The van der Waals surface area contributed by atoms with Crippen LogP contribution in [0.25, 0.3) is 0 Å². The van der Waals surface area contributed by atoms with Crippen molar-refractivity contribution in [2.24, 2.45) is 0 Å². The van der Waals surface area contributed by atoms with Crippen LogP contribution in [-0.4, -0.2) is 10.9 Å². The normalized spacial score (nSPS) is 11.5. The topological polar surface area (TPSA) is 12.9 Å². The molecule has 0 bridgehead atoms. The number of rotatable bonds is 2. The molecule has 0 aliphatic rings. The number of hydrogen-bond acceptors (Lipinski definition) is 1. The first-order valence-corrected chi connectivity index (χ1v) is 3.35.